The second-order valence-electron chi connectivity index (χ2n) is 4.85. The first-order valence-electron chi connectivity index (χ1n) is 6.99. The van der Waals surface area contributed by atoms with Crippen molar-refractivity contribution in [2.24, 2.45) is 0 Å². The number of ether oxygens (including phenoxy) is 2. The Morgan fingerprint density at radius 3 is 2.57 bits per heavy atom. The third kappa shape index (κ3) is 4.18. The number of carbonyl (C=O) groups is 1. The molecule has 0 bridgehead atoms. The molecule has 0 fully saturated rings. The van der Waals surface area contributed by atoms with Crippen molar-refractivity contribution in [1.82, 2.24) is 4.90 Å². The summed E-state index contributed by atoms with van der Waals surface area (Å²) >= 11 is 0. The lowest BCUT2D eigenvalue weighted by Crippen LogP contribution is -2.31. The number of halogens is 2. The largest absolute Gasteiger partial charge is 0.496 e. The molecule has 0 unspecified atom stereocenters. The first-order valence-corrected chi connectivity index (χ1v) is 6.99. The van der Waals surface area contributed by atoms with Gasteiger partial charge in [0.1, 0.15) is 18.2 Å². The Labute approximate surface area is 133 Å². The molecule has 0 saturated heterocycles. The normalized spacial score (nSPS) is 10.3. The molecule has 0 N–H and O–H groups in total. The lowest BCUT2D eigenvalue weighted by atomic mass is 10.1. The molecule has 0 aliphatic heterocycles. The van der Waals surface area contributed by atoms with Gasteiger partial charge < -0.3 is 14.4 Å². The van der Waals surface area contributed by atoms with Gasteiger partial charge in [0.2, 0.25) is 0 Å². The number of hydrogen-bond acceptors (Lipinski definition) is 3. The quantitative estimate of drug-likeness (QED) is 0.820. The molecule has 23 heavy (non-hydrogen) atoms. The maximum atomic E-state index is 13.4. The van der Waals surface area contributed by atoms with Gasteiger partial charge in [-0.2, -0.15) is 0 Å². The lowest BCUT2D eigenvalue weighted by Gasteiger charge is -2.19. The molecule has 1 amide bonds. The van der Waals surface area contributed by atoms with Crippen LogP contribution in [0.15, 0.2) is 42.5 Å². The van der Waals surface area contributed by atoms with Crippen LogP contribution in [0, 0.1) is 11.6 Å². The molecule has 122 valence electrons. The van der Waals surface area contributed by atoms with Gasteiger partial charge in [-0.15, -0.1) is 0 Å². The van der Waals surface area contributed by atoms with Gasteiger partial charge in [0.25, 0.3) is 5.91 Å². The van der Waals surface area contributed by atoms with Crippen LogP contribution in [-0.4, -0.2) is 38.1 Å². The van der Waals surface area contributed by atoms with Crippen molar-refractivity contribution in [1.29, 1.82) is 0 Å². The van der Waals surface area contributed by atoms with E-state index in [1.165, 1.54) is 36.3 Å². The van der Waals surface area contributed by atoms with Crippen molar-refractivity contribution >= 4 is 5.91 Å². The zero-order valence-electron chi connectivity index (χ0n) is 12.9. The third-order valence-electron chi connectivity index (χ3n) is 3.26. The number of para-hydroxylation sites is 1. The highest BCUT2D eigenvalue weighted by molar-refractivity contribution is 5.96. The average molecular weight is 321 g/mol. The molecule has 0 atom stereocenters. The first kappa shape index (κ1) is 16.7. The van der Waals surface area contributed by atoms with Crippen molar-refractivity contribution < 1.29 is 23.0 Å². The van der Waals surface area contributed by atoms with Gasteiger partial charge in [0.05, 0.1) is 19.2 Å². The summed E-state index contributed by atoms with van der Waals surface area (Å²) in [4.78, 5) is 13.7. The van der Waals surface area contributed by atoms with Crippen LogP contribution >= 0.6 is 0 Å². The zero-order chi connectivity index (χ0) is 16.8. The second kappa shape index (κ2) is 7.58. The molecule has 4 nitrogen and oxygen atoms in total. The van der Waals surface area contributed by atoms with Crippen molar-refractivity contribution in [3.05, 3.63) is 59.7 Å². The fourth-order valence-corrected chi connectivity index (χ4v) is 2.01. The molecule has 0 aromatic heterocycles. The number of rotatable bonds is 6. The molecule has 2 rings (SSSR count). The van der Waals surface area contributed by atoms with E-state index in [0.717, 1.165) is 6.07 Å². The molecule has 0 saturated carbocycles. The molecular weight excluding hydrogens is 304 g/mol. The third-order valence-corrected chi connectivity index (χ3v) is 3.26. The molecular formula is C17H17F2NO3. The van der Waals surface area contributed by atoms with Gasteiger partial charge in [-0.05, 0) is 30.3 Å². The molecule has 0 spiro atoms. The van der Waals surface area contributed by atoms with E-state index in [4.69, 9.17) is 9.47 Å². The molecule has 0 radical (unpaired) electrons. The van der Waals surface area contributed by atoms with Crippen LogP contribution in [0.5, 0.6) is 11.5 Å². The standard InChI is InChI=1S/C17H17F2NO3/c1-20(9-10-23-16-6-4-3-5-14(16)19)17(21)13-11-12(18)7-8-15(13)22-2/h3-8,11H,9-10H2,1-2H3. The van der Waals surface area contributed by atoms with Crippen LogP contribution in [0.3, 0.4) is 0 Å². The minimum atomic E-state index is -0.523. The van der Waals surface area contributed by atoms with Gasteiger partial charge in [0.15, 0.2) is 11.6 Å². The molecule has 6 heteroatoms. The van der Waals surface area contributed by atoms with Crippen LogP contribution in [0.4, 0.5) is 8.78 Å². The summed E-state index contributed by atoms with van der Waals surface area (Å²) in [5.74, 6) is -0.980. The summed E-state index contributed by atoms with van der Waals surface area (Å²) in [6.45, 7) is 0.327. The average Bonchev–Trinajstić information content (AvgIpc) is 2.55. The van der Waals surface area contributed by atoms with E-state index >= 15 is 0 Å². The van der Waals surface area contributed by atoms with Gasteiger partial charge in [-0.1, -0.05) is 12.1 Å². The lowest BCUT2D eigenvalue weighted by molar-refractivity contribution is 0.0769. The van der Waals surface area contributed by atoms with Crippen LogP contribution in [-0.2, 0) is 0 Å². The fraction of sp³-hybridized carbons (Fsp3) is 0.235. The summed E-state index contributed by atoms with van der Waals surface area (Å²) in [6, 6.07) is 9.76. The number of carbonyl (C=O) groups excluding carboxylic acids is 1. The SMILES string of the molecule is COc1ccc(F)cc1C(=O)N(C)CCOc1ccccc1F. The maximum absolute atomic E-state index is 13.4. The number of methoxy groups -OCH3 is 1. The van der Waals surface area contributed by atoms with Crippen LogP contribution in [0.1, 0.15) is 10.4 Å². The van der Waals surface area contributed by atoms with Crippen molar-refractivity contribution in [3.63, 3.8) is 0 Å². The van der Waals surface area contributed by atoms with Crippen LogP contribution in [0.25, 0.3) is 0 Å². The Morgan fingerprint density at radius 1 is 1.13 bits per heavy atom. The summed E-state index contributed by atoms with van der Waals surface area (Å²) < 4.78 is 37.1. The minimum absolute atomic E-state index is 0.112. The van der Waals surface area contributed by atoms with Crippen LogP contribution < -0.4 is 9.47 Å². The smallest absolute Gasteiger partial charge is 0.257 e. The highest BCUT2D eigenvalue weighted by atomic mass is 19.1. The molecule has 2 aromatic carbocycles. The predicted octanol–water partition coefficient (Wildman–Crippen LogP) is 3.12. The molecule has 0 aliphatic rings. The van der Waals surface area contributed by atoms with Crippen molar-refractivity contribution in [3.8, 4) is 11.5 Å². The van der Waals surface area contributed by atoms with Crippen LogP contribution in [0.2, 0.25) is 0 Å². The Hall–Kier alpha value is -2.63. The topological polar surface area (TPSA) is 38.8 Å². The summed E-state index contributed by atoms with van der Waals surface area (Å²) in [5, 5.41) is 0. The molecule has 0 aliphatic carbocycles. The summed E-state index contributed by atoms with van der Waals surface area (Å²) in [5.41, 5.74) is 0.126. The number of nitrogens with zero attached hydrogens (tertiary/aromatic N) is 1. The highest BCUT2D eigenvalue weighted by Crippen LogP contribution is 2.21. The summed E-state index contributed by atoms with van der Waals surface area (Å²) in [6.07, 6.45) is 0. The number of benzene rings is 2. The maximum Gasteiger partial charge on any atom is 0.257 e. The number of hydrogen-bond donors (Lipinski definition) is 0. The fourth-order valence-electron chi connectivity index (χ4n) is 2.01. The Kier molecular flexibility index (Phi) is 5.51. The van der Waals surface area contributed by atoms with Gasteiger partial charge in [-0.3, -0.25) is 4.79 Å². The van der Waals surface area contributed by atoms with Crippen molar-refractivity contribution in [2.45, 2.75) is 0 Å². The number of likely N-dealkylation sites (N-methyl/N-ethyl adjacent to an activating group) is 1. The summed E-state index contributed by atoms with van der Waals surface area (Å²) in [7, 11) is 2.96. The van der Waals surface area contributed by atoms with E-state index in [2.05, 4.69) is 0 Å². The van der Waals surface area contributed by atoms with E-state index in [1.807, 2.05) is 0 Å². The minimum Gasteiger partial charge on any atom is -0.496 e. The Balaban J connectivity index is 1.98. The molecule has 0 heterocycles. The zero-order valence-corrected chi connectivity index (χ0v) is 12.9. The first-order chi connectivity index (χ1) is 11.0. The van der Waals surface area contributed by atoms with Gasteiger partial charge in [0, 0.05) is 7.05 Å². The van der Waals surface area contributed by atoms with Gasteiger partial charge in [-0.25, -0.2) is 8.78 Å². The van der Waals surface area contributed by atoms with E-state index in [9.17, 15) is 13.6 Å². The van der Waals surface area contributed by atoms with Crippen molar-refractivity contribution in [2.75, 3.05) is 27.3 Å². The number of amides is 1. The highest BCUT2D eigenvalue weighted by Gasteiger charge is 2.17. The van der Waals surface area contributed by atoms with Gasteiger partial charge >= 0.3 is 0 Å². The predicted molar refractivity (Wildman–Crippen MR) is 81.8 cm³/mol. The second-order valence-corrected chi connectivity index (χ2v) is 4.85. The monoisotopic (exact) mass is 321 g/mol. The van der Waals surface area contributed by atoms with E-state index in [-0.39, 0.29) is 24.5 Å². The van der Waals surface area contributed by atoms with E-state index in [0.29, 0.717) is 5.75 Å². The van der Waals surface area contributed by atoms with E-state index in [1.54, 1.807) is 19.2 Å². The molecule has 2 aromatic rings. The van der Waals surface area contributed by atoms with E-state index < -0.39 is 17.5 Å². The Bertz CT molecular complexity index is 691. The Morgan fingerprint density at radius 2 is 1.87 bits per heavy atom.